The maximum Gasteiger partial charge on any atom is 0.303 e. The van der Waals surface area contributed by atoms with E-state index < -0.39 is 5.97 Å². The molecule has 0 aliphatic heterocycles. The highest BCUT2D eigenvalue weighted by atomic mass is 16.5. The summed E-state index contributed by atoms with van der Waals surface area (Å²) in [5, 5.41) is 22.8. The standard InChI is InChI=1S/C24H23N3O4/c1-13(2)30-21-7-6-17(9-18(21)12-25)24-26-23(27-31-24)19-10-15-4-5-16(11-22(28)29)20(15)8-14(19)3/h6-10,13,16H,4-5,11H2,1-3H3,(H,28,29). The normalized spacial score (nSPS) is 15.0. The van der Waals surface area contributed by atoms with Gasteiger partial charge in [0.1, 0.15) is 11.8 Å². The Hall–Kier alpha value is -3.66. The van der Waals surface area contributed by atoms with Crippen molar-refractivity contribution in [3.05, 3.63) is 52.6 Å². The summed E-state index contributed by atoms with van der Waals surface area (Å²) in [6.07, 6.45) is 1.79. The van der Waals surface area contributed by atoms with Gasteiger partial charge in [-0.05, 0) is 80.5 Å². The zero-order valence-electron chi connectivity index (χ0n) is 17.7. The molecular formula is C24H23N3O4. The van der Waals surface area contributed by atoms with E-state index >= 15 is 0 Å². The van der Waals surface area contributed by atoms with E-state index in [4.69, 9.17) is 14.4 Å². The van der Waals surface area contributed by atoms with Gasteiger partial charge in [0.25, 0.3) is 5.89 Å². The van der Waals surface area contributed by atoms with E-state index in [2.05, 4.69) is 16.2 Å². The van der Waals surface area contributed by atoms with Crippen LogP contribution in [0.1, 0.15) is 54.9 Å². The minimum Gasteiger partial charge on any atom is -0.490 e. The maximum absolute atomic E-state index is 11.1. The van der Waals surface area contributed by atoms with E-state index in [9.17, 15) is 10.1 Å². The lowest BCUT2D eigenvalue weighted by Crippen LogP contribution is -2.06. The largest absolute Gasteiger partial charge is 0.490 e. The Morgan fingerprint density at radius 2 is 2.16 bits per heavy atom. The van der Waals surface area contributed by atoms with Crippen molar-refractivity contribution in [3.8, 4) is 34.7 Å². The van der Waals surface area contributed by atoms with E-state index in [-0.39, 0.29) is 18.4 Å². The van der Waals surface area contributed by atoms with Crippen molar-refractivity contribution in [3.63, 3.8) is 0 Å². The molecule has 0 bridgehead atoms. The molecule has 1 aliphatic carbocycles. The van der Waals surface area contributed by atoms with Crippen molar-refractivity contribution in [2.45, 2.75) is 52.1 Å². The highest BCUT2D eigenvalue weighted by Crippen LogP contribution is 2.39. The summed E-state index contributed by atoms with van der Waals surface area (Å²) in [6, 6.07) is 11.5. The molecule has 158 valence electrons. The molecule has 0 fully saturated rings. The van der Waals surface area contributed by atoms with Crippen LogP contribution in [-0.4, -0.2) is 27.3 Å². The molecule has 31 heavy (non-hydrogen) atoms. The van der Waals surface area contributed by atoms with Gasteiger partial charge in [-0.3, -0.25) is 4.79 Å². The summed E-state index contributed by atoms with van der Waals surface area (Å²) >= 11 is 0. The molecule has 0 saturated carbocycles. The van der Waals surface area contributed by atoms with Gasteiger partial charge >= 0.3 is 5.97 Å². The number of ether oxygens (including phenoxy) is 1. The number of nitriles is 1. The maximum atomic E-state index is 11.1. The molecule has 1 atom stereocenters. The van der Waals surface area contributed by atoms with Crippen LogP contribution in [0.4, 0.5) is 0 Å². The van der Waals surface area contributed by atoms with Crippen molar-refractivity contribution in [2.24, 2.45) is 0 Å². The van der Waals surface area contributed by atoms with Crippen molar-refractivity contribution >= 4 is 5.97 Å². The third-order valence-corrected chi connectivity index (χ3v) is 5.49. The number of carboxylic acids is 1. The van der Waals surface area contributed by atoms with Crippen LogP contribution in [0.25, 0.3) is 22.8 Å². The lowest BCUT2D eigenvalue weighted by molar-refractivity contribution is -0.137. The number of benzene rings is 2. The Kier molecular flexibility index (Phi) is 5.47. The Morgan fingerprint density at radius 1 is 1.35 bits per heavy atom. The zero-order valence-corrected chi connectivity index (χ0v) is 17.7. The van der Waals surface area contributed by atoms with Crippen molar-refractivity contribution in [1.82, 2.24) is 10.1 Å². The molecule has 1 N–H and O–H groups in total. The number of carboxylic acid groups (broad SMARTS) is 1. The summed E-state index contributed by atoms with van der Waals surface area (Å²) in [4.78, 5) is 15.7. The number of hydrogen-bond acceptors (Lipinski definition) is 6. The topological polar surface area (TPSA) is 109 Å². The third-order valence-electron chi connectivity index (χ3n) is 5.49. The summed E-state index contributed by atoms with van der Waals surface area (Å²) in [5.41, 5.74) is 5.13. The van der Waals surface area contributed by atoms with Crippen LogP contribution in [0, 0.1) is 18.3 Å². The molecule has 1 heterocycles. The van der Waals surface area contributed by atoms with Crippen LogP contribution in [0.15, 0.2) is 34.9 Å². The summed E-state index contributed by atoms with van der Waals surface area (Å²) < 4.78 is 11.2. The van der Waals surface area contributed by atoms with Gasteiger partial charge in [0.2, 0.25) is 5.82 Å². The monoisotopic (exact) mass is 417 g/mol. The summed E-state index contributed by atoms with van der Waals surface area (Å²) in [6.45, 7) is 5.78. The second-order valence-corrected chi connectivity index (χ2v) is 8.11. The van der Waals surface area contributed by atoms with Crippen molar-refractivity contribution < 1.29 is 19.2 Å². The fourth-order valence-electron chi connectivity index (χ4n) is 4.08. The highest BCUT2D eigenvalue weighted by molar-refractivity contribution is 5.70. The van der Waals surface area contributed by atoms with E-state index in [1.165, 1.54) is 0 Å². The van der Waals surface area contributed by atoms with Gasteiger partial charge in [-0.2, -0.15) is 10.2 Å². The second-order valence-electron chi connectivity index (χ2n) is 8.11. The van der Waals surface area contributed by atoms with E-state index in [0.29, 0.717) is 28.6 Å². The van der Waals surface area contributed by atoms with Gasteiger partial charge in [0, 0.05) is 11.1 Å². The smallest absolute Gasteiger partial charge is 0.303 e. The molecule has 1 aliphatic rings. The molecular weight excluding hydrogens is 394 g/mol. The van der Waals surface area contributed by atoms with Crippen LogP contribution in [-0.2, 0) is 11.2 Å². The number of aryl methyl sites for hydroxylation is 2. The van der Waals surface area contributed by atoms with Crippen molar-refractivity contribution in [1.29, 1.82) is 5.26 Å². The van der Waals surface area contributed by atoms with Gasteiger partial charge in [-0.1, -0.05) is 11.2 Å². The van der Waals surface area contributed by atoms with Crippen LogP contribution < -0.4 is 4.74 Å². The molecule has 7 heteroatoms. The zero-order chi connectivity index (χ0) is 22.1. The Balaban J connectivity index is 1.64. The minimum absolute atomic E-state index is 0.0363. The number of fused-ring (bicyclic) bond motifs is 1. The predicted molar refractivity (Wildman–Crippen MR) is 114 cm³/mol. The highest BCUT2D eigenvalue weighted by Gasteiger charge is 2.26. The van der Waals surface area contributed by atoms with Gasteiger partial charge in [-0.15, -0.1) is 0 Å². The first kappa shape index (κ1) is 20.6. The summed E-state index contributed by atoms with van der Waals surface area (Å²) in [5.74, 6) is 0.594. The van der Waals surface area contributed by atoms with Crippen LogP contribution >= 0.6 is 0 Å². The number of carbonyl (C=O) groups is 1. The number of nitrogens with zero attached hydrogens (tertiary/aromatic N) is 3. The van der Waals surface area contributed by atoms with Gasteiger partial charge < -0.3 is 14.4 Å². The van der Waals surface area contributed by atoms with Crippen molar-refractivity contribution in [2.75, 3.05) is 0 Å². The first-order valence-corrected chi connectivity index (χ1v) is 10.3. The lowest BCUT2D eigenvalue weighted by Gasteiger charge is -2.11. The third kappa shape index (κ3) is 4.15. The number of aliphatic carboxylic acids is 1. The fourth-order valence-corrected chi connectivity index (χ4v) is 4.08. The van der Waals surface area contributed by atoms with Gasteiger partial charge in [-0.25, -0.2) is 0 Å². The molecule has 0 radical (unpaired) electrons. The molecule has 0 saturated heterocycles. The Morgan fingerprint density at radius 3 is 2.87 bits per heavy atom. The second kappa shape index (κ2) is 8.23. The minimum atomic E-state index is -0.774. The van der Waals surface area contributed by atoms with Gasteiger partial charge in [0.15, 0.2) is 0 Å². The SMILES string of the molecule is Cc1cc2c(cc1-c1noc(-c3ccc(OC(C)C)c(C#N)c3)n1)CCC2CC(=O)O. The predicted octanol–water partition coefficient (Wildman–Crippen LogP) is 4.88. The Labute approximate surface area is 180 Å². The number of rotatable bonds is 6. The van der Waals surface area contributed by atoms with E-state index in [0.717, 1.165) is 35.1 Å². The Bertz CT molecular complexity index is 1190. The molecule has 1 unspecified atom stereocenters. The molecule has 3 aromatic rings. The molecule has 4 rings (SSSR count). The van der Waals surface area contributed by atoms with Crippen LogP contribution in [0.5, 0.6) is 5.75 Å². The fraction of sp³-hybridized carbons (Fsp3) is 0.333. The molecule has 2 aromatic carbocycles. The molecule has 0 spiro atoms. The lowest BCUT2D eigenvalue weighted by atomic mass is 9.94. The number of aromatic nitrogens is 2. The quantitative estimate of drug-likeness (QED) is 0.609. The van der Waals surface area contributed by atoms with E-state index in [1.54, 1.807) is 18.2 Å². The van der Waals surface area contributed by atoms with Gasteiger partial charge in [0.05, 0.1) is 18.1 Å². The average molecular weight is 417 g/mol. The molecule has 7 nitrogen and oxygen atoms in total. The molecule has 1 aromatic heterocycles. The van der Waals surface area contributed by atoms with E-state index in [1.807, 2.05) is 32.9 Å². The van der Waals surface area contributed by atoms with Crippen LogP contribution in [0.2, 0.25) is 0 Å². The van der Waals surface area contributed by atoms with Crippen LogP contribution in [0.3, 0.4) is 0 Å². The first-order valence-electron chi connectivity index (χ1n) is 10.3. The molecule has 0 amide bonds. The average Bonchev–Trinajstić information content (AvgIpc) is 3.34. The summed E-state index contributed by atoms with van der Waals surface area (Å²) in [7, 11) is 0. The first-order chi connectivity index (χ1) is 14.9. The number of hydrogen-bond donors (Lipinski definition) is 1.